The predicted octanol–water partition coefficient (Wildman–Crippen LogP) is 2.44. The Morgan fingerprint density at radius 2 is 1.90 bits per heavy atom. The molecule has 3 rings (SSSR count). The molecule has 1 fully saturated rings. The molecule has 2 heterocycles. The summed E-state index contributed by atoms with van der Waals surface area (Å²) in [5.74, 6) is 0.169. The Balaban J connectivity index is 1.98. The molecule has 0 atom stereocenters. The number of rotatable bonds is 2. The summed E-state index contributed by atoms with van der Waals surface area (Å²) in [6.45, 7) is 1.19. The topological polar surface area (TPSA) is 42.3 Å². The lowest BCUT2D eigenvalue weighted by Gasteiger charge is -2.21. The number of aromatic nitrogens is 1. The van der Waals surface area contributed by atoms with Gasteiger partial charge in [-0.2, -0.15) is 0 Å². The van der Waals surface area contributed by atoms with Gasteiger partial charge in [-0.15, -0.1) is 0 Å². The maximum Gasteiger partial charge on any atom is 0.255 e. The van der Waals surface area contributed by atoms with Crippen LogP contribution in [0.15, 0.2) is 35.1 Å². The van der Waals surface area contributed by atoms with Gasteiger partial charge in [0.25, 0.3) is 5.56 Å². The molecule has 4 nitrogen and oxygen atoms in total. The molecular weight excluding hydrogens is 264 g/mol. The van der Waals surface area contributed by atoms with Crippen molar-refractivity contribution in [3.63, 3.8) is 0 Å². The molecule has 0 unspecified atom stereocenters. The number of pyridine rings is 1. The van der Waals surface area contributed by atoms with Crippen molar-refractivity contribution in [1.29, 1.82) is 0 Å². The van der Waals surface area contributed by atoms with E-state index in [-0.39, 0.29) is 11.5 Å². The standard InChI is InChI=1S/C17H20N2O2/c1-18-15-8-5-4-7-13(15)11-14(17(18)21)12-19-10-6-2-3-9-16(19)20/h4-5,7-8,11H,2-3,6,9-10,12H2,1H3. The van der Waals surface area contributed by atoms with Crippen LogP contribution in [-0.2, 0) is 18.4 Å². The first-order chi connectivity index (χ1) is 10.2. The molecule has 0 bridgehead atoms. The zero-order chi connectivity index (χ0) is 14.8. The predicted molar refractivity (Wildman–Crippen MR) is 83.1 cm³/mol. The van der Waals surface area contributed by atoms with E-state index in [1.54, 1.807) is 11.6 Å². The van der Waals surface area contributed by atoms with Crippen LogP contribution in [0, 0.1) is 0 Å². The molecule has 1 aliphatic rings. The van der Waals surface area contributed by atoms with E-state index in [4.69, 9.17) is 0 Å². The fourth-order valence-corrected chi connectivity index (χ4v) is 3.01. The van der Waals surface area contributed by atoms with E-state index in [1.165, 1.54) is 0 Å². The number of likely N-dealkylation sites (tertiary alicyclic amines) is 1. The fraction of sp³-hybridized carbons (Fsp3) is 0.412. The van der Waals surface area contributed by atoms with Crippen LogP contribution < -0.4 is 5.56 Å². The number of carbonyl (C=O) groups is 1. The summed E-state index contributed by atoms with van der Waals surface area (Å²) < 4.78 is 1.67. The van der Waals surface area contributed by atoms with E-state index >= 15 is 0 Å². The van der Waals surface area contributed by atoms with Crippen molar-refractivity contribution in [2.75, 3.05) is 6.54 Å². The highest BCUT2D eigenvalue weighted by Gasteiger charge is 2.18. The van der Waals surface area contributed by atoms with Gasteiger partial charge in [-0.1, -0.05) is 24.6 Å². The van der Waals surface area contributed by atoms with E-state index in [2.05, 4.69) is 0 Å². The zero-order valence-corrected chi connectivity index (χ0v) is 12.3. The van der Waals surface area contributed by atoms with Crippen molar-refractivity contribution < 1.29 is 4.79 Å². The third kappa shape index (κ3) is 2.71. The quantitative estimate of drug-likeness (QED) is 0.850. The lowest BCUT2D eigenvalue weighted by molar-refractivity contribution is -0.131. The van der Waals surface area contributed by atoms with Gasteiger partial charge in [-0.05, 0) is 30.4 Å². The number of para-hydroxylation sites is 1. The molecule has 1 aromatic heterocycles. The number of aryl methyl sites for hydroxylation is 1. The van der Waals surface area contributed by atoms with Crippen molar-refractivity contribution in [3.05, 3.63) is 46.2 Å². The van der Waals surface area contributed by atoms with Crippen LogP contribution in [-0.4, -0.2) is 21.9 Å². The van der Waals surface area contributed by atoms with E-state index in [0.717, 1.165) is 36.7 Å². The second-order valence-electron chi connectivity index (χ2n) is 5.72. The Morgan fingerprint density at radius 3 is 2.76 bits per heavy atom. The lowest BCUT2D eigenvalue weighted by atomic mass is 10.1. The average molecular weight is 284 g/mol. The monoisotopic (exact) mass is 284 g/mol. The molecule has 1 saturated heterocycles. The van der Waals surface area contributed by atoms with E-state index in [0.29, 0.717) is 18.5 Å². The molecule has 1 aromatic carbocycles. The van der Waals surface area contributed by atoms with Crippen molar-refractivity contribution in [1.82, 2.24) is 9.47 Å². The van der Waals surface area contributed by atoms with Gasteiger partial charge < -0.3 is 9.47 Å². The van der Waals surface area contributed by atoms with Gasteiger partial charge in [-0.25, -0.2) is 0 Å². The second kappa shape index (κ2) is 5.72. The lowest BCUT2D eigenvalue weighted by Crippen LogP contribution is -2.33. The number of amides is 1. The van der Waals surface area contributed by atoms with Crippen LogP contribution in [0.3, 0.4) is 0 Å². The van der Waals surface area contributed by atoms with Gasteiger partial charge in [0.05, 0.1) is 12.1 Å². The molecule has 0 aliphatic carbocycles. The Kier molecular flexibility index (Phi) is 3.78. The molecule has 1 aliphatic heterocycles. The van der Waals surface area contributed by atoms with Crippen molar-refractivity contribution in [2.24, 2.45) is 7.05 Å². The molecule has 4 heteroatoms. The highest BCUT2D eigenvalue weighted by Crippen LogP contribution is 2.16. The maximum absolute atomic E-state index is 12.5. The number of carbonyl (C=O) groups excluding carboxylic acids is 1. The average Bonchev–Trinajstić information content (AvgIpc) is 2.69. The van der Waals surface area contributed by atoms with Gasteiger partial charge >= 0.3 is 0 Å². The minimum atomic E-state index is -0.00857. The molecular formula is C17H20N2O2. The summed E-state index contributed by atoms with van der Waals surface area (Å²) in [5, 5.41) is 1.04. The number of hydrogen-bond acceptors (Lipinski definition) is 2. The van der Waals surface area contributed by atoms with Gasteiger partial charge in [0, 0.05) is 25.6 Å². The molecule has 0 saturated carbocycles. The van der Waals surface area contributed by atoms with Crippen LogP contribution in [0.5, 0.6) is 0 Å². The van der Waals surface area contributed by atoms with Crippen LogP contribution >= 0.6 is 0 Å². The number of nitrogens with zero attached hydrogens (tertiary/aromatic N) is 2. The first-order valence-corrected chi connectivity index (χ1v) is 7.52. The van der Waals surface area contributed by atoms with Crippen LogP contribution in [0.1, 0.15) is 31.2 Å². The van der Waals surface area contributed by atoms with E-state index < -0.39 is 0 Å². The largest absolute Gasteiger partial charge is 0.338 e. The SMILES string of the molecule is Cn1c(=O)c(CN2CCCCCC2=O)cc2ccccc21. The Labute approximate surface area is 124 Å². The first kappa shape index (κ1) is 13.9. The van der Waals surface area contributed by atoms with Crippen LogP contribution in [0.4, 0.5) is 0 Å². The maximum atomic E-state index is 12.5. The van der Waals surface area contributed by atoms with E-state index in [1.807, 2.05) is 35.2 Å². The fourth-order valence-electron chi connectivity index (χ4n) is 3.01. The summed E-state index contributed by atoms with van der Waals surface area (Å²) in [5.41, 5.74) is 1.62. The van der Waals surface area contributed by atoms with Gasteiger partial charge in [-0.3, -0.25) is 9.59 Å². The summed E-state index contributed by atoms with van der Waals surface area (Å²) in [4.78, 5) is 26.4. The molecule has 2 aromatic rings. The minimum absolute atomic E-state index is 0.00857. The van der Waals surface area contributed by atoms with Crippen molar-refractivity contribution >= 4 is 16.8 Å². The first-order valence-electron chi connectivity index (χ1n) is 7.52. The number of fused-ring (bicyclic) bond motifs is 1. The van der Waals surface area contributed by atoms with Gasteiger partial charge in [0.1, 0.15) is 0 Å². The summed E-state index contributed by atoms with van der Waals surface area (Å²) in [7, 11) is 1.79. The van der Waals surface area contributed by atoms with E-state index in [9.17, 15) is 9.59 Å². The highest BCUT2D eigenvalue weighted by atomic mass is 16.2. The Morgan fingerprint density at radius 1 is 1.10 bits per heavy atom. The van der Waals surface area contributed by atoms with Gasteiger partial charge in [0.2, 0.25) is 5.91 Å². The Hall–Kier alpha value is -2.10. The normalized spacial score (nSPS) is 16.2. The molecule has 0 N–H and O–H groups in total. The summed E-state index contributed by atoms with van der Waals surface area (Å²) in [6, 6.07) is 9.77. The van der Waals surface area contributed by atoms with Crippen molar-refractivity contribution in [2.45, 2.75) is 32.2 Å². The summed E-state index contributed by atoms with van der Waals surface area (Å²) >= 11 is 0. The number of benzene rings is 1. The Bertz CT molecular complexity index is 733. The molecule has 110 valence electrons. The zero-order valence-electron chi connectivity index (χ0n) is 12.3. The smallest absolute Gasteiger partial charge is 0.255 e. The highest BCUT2D eigenvalue weighted by molar-refractivity contribution is 5.80. The summed E-state index contributed by atoms with van der Waals surface area (Å²) in [6.07, 6.45) is 3.69. The van der Waals surface area contributed by atoms with Gasteiger partial charge in [0.15, 0.2) is 0 Å². The molecule has 0 radical (unpaired) electrons. The van der Waals surface area contributed by atoms with Crippen molar-refractivity contribution in [3.8, 4) is 0 Å². The second-order valence-corrected chi connectivity index (χ2v) is 5.72. The van der Waals surface area contributed by atoms with Crippen LogP contribution in [0.25, 0.3) is 10.9 Å². The number of hydrogen-bond donors (Lipinski definition) is 0. The van der Waals surface area contributed by atoms with Crippen LogP contribution in [0.2, 0.25) is 0 Å². The third-order valence-corrected chi connectivity index (χ3v) is 4.24. The third-order valence-electron chi connectivity index (χ3n) is 4.24. The molecule has 0 spiro atoms. The molecule has 1 amide bonds. The minimum Gasteiger partial charge on any atom is -0.338 e. The molecule has 21 heavy (non-hydrogen) atoms.